The second-order valence-electron chi connectivity index (χ2n) is 4.64. The van der Waals surface area contributed by atoms with Gasteiger partial charge in [0.2, 0.25) is 0 Å². The van der Waals surface area contributed by atoms with E-state index >= 15 is 0 Å². The van der Waals surface area contributed by atoms with Gasteiger partial charge in [-0.1, -0.05) is 13.8 Å². The molecule has 2 unspecified atom stereocenters. The first kappa shape index (κ1) is 9.71. The van der Waals surface area contributed by atoms with Crippen LogP contribution < -0.4 is 5.73 Å². The highest BCUT2D eigenvalue weighted by atomic mass is 15.3. The lowest BCUT2D eigenvalue weighted by Gasteiger charge is -2.09. The Morgan fingerprint density at radius 2 is 2.29 bits per heavy atom. The first-order valence-electron chi connectivity index (χ1n) is 5.46. The lowest BCUT2D eigenvalue weighted by atomic mass is 10.1. The molecule has 0 amide bonds. The largest absolute Gasteiger partial charge is 0.328 e. The van der Waals surface area contributed by atoms with E-state index in [2.05, 4.69) is 29.8 Å². The summed E-state index contributed by atoms with van der Waals surface area (Å²) >= 11 is 0. The third-order valence-corrected chi connectivity index (χ3v) is 3.11. The maximum Gasteiger partial charge on any atom is 0.0534 e. The van der Waals surface area contributed by atoms with Crippen LogP contribution in [0.3, 0.4) is 0 Å². The van der Waals surface area contributed by atoms with Crippen LogP contribution >= 0.6 is 0 Å². The summed E-state index contributed by atoms with van der Waals surface area (Å²) < 4.78 is 2.10. The van der Waals surface area contributed by atoms with Crippen LogP contribution in [0.15, 0.2) is 12.4 Å². The van der Waals surface area contributed by atoms with Crippen molar-refractivity contribution >= 4 is 0 Å². The Balaban J connectivity index is 2.09. The molecule has 0 aliphatic heterocycles. The number of nitrogens with zero attached hydrogens (tertiary/aromatic N) is 2. The number of nitrogens with two attached hydrogens (primary N) is 1. The fraction of sp³-hybridized carbons (Fsp3) is 0.727. The first-order valence-corrected chi connectivity index (χ1v) is 5.46. The molecule has 0 saturated heterocycles. The van der Waals surface area contributed by atoms with E-state index < -0.39 is 0 Å². The van der Waals surface area contributed by atoms with Crippen molar-refractivity contribution in [3.8, 4) is 0 Å². The van der Waals surface area contributed by atoms with Gasteiger partial charge >= 0.3 is 0 Å². The lowest BCUT2D eigenvalue weighted by molar-refractivity contribution is 0.460. The maximum absolute atomic E-state index is 5.89. The fourth-order valence-electron chi connectivity index (χ4n) is 2.08. The third kappa shape index (κ3) is 1.82. The van der Waals surface area contributed by atoms with Crippen molar-refractivity contribution in [3.63, 3.8) is 0 Å². The average Bonchev–Trinajstić information content (AvgIpc) is 2.70. The molecule has 0 bridgehead atoms. The van der Waals surface area contributed by atoms with Crippen molar-refractivity contribution in [3.05, 3.63) is 18.0 Å². The van der Waals surface area contributed by atoms with Gasteiger partial charge in [-0.3, -0.25) is 4.68 Å². The maximum atomic E-state index is 5.89. The van der Waals surface area contributed by atoms with E-state index in [0.717, 1.165) is 12.8 Å². The van der Waals surface area contributed by atoms with Gasteiger partial charge in [0.15, 0.2) is 0 Å². The van der Waals surface area contributed by atoms with Crippen molar-refractivity contribution < 1.29 is 0 Å². The van der Waals surface area contributed by atoms with Crippen LogP contribution in [0.5, 0.6) is 0 Å². The van der Waals surface area contributed by atoms with Gasteiger partial charge in [0.1, 0.15) is 0 Å². The van der Waals surface area contributed by atoms with Gasteiger partial charge < -0.3 is 5.73 Å². The van der Waals surface area contributed by atoms with Crippen LogP contribution in [0.25, 0.3) is 0 Å². The minimum atomic E-state index is 0.381. The molecule has 1 aromatic heterocycles. The Kier molecular flexibility index (Phi) is 2.59. The minimum absolute atomic E-state index is 0.381. The molecule has 1 aliphatic carbocycles. The van der Waals surface area contributed by atoms with Gasteiger partial charge in [-0.05, 0) is 30.7 Å². The van der Waals surface area contributed by atoms with Crippen LogP contribution in [-0.2, 0) is 0 Å². The van der Waals surface area contributed by atoms with Crippen molar-refractivity contribution in [1.29, 1.82) is 0 Å². The highest BCUT2D eigenvalue weighted by Crippen LogP contribution is 2.29. The van der Waals surface area contributed by atoms with E-state index in [-0.39, 0.29) is 0 Å². The van der Waals surface area contributed by atoms with Gasteiger partial charge in [0, 0.05) is 12.2 Å². The second kappa shape index (κ2) is 3.73. The topological polar surface area (TPSA) is 43.8 Å². The normalized spacial score (nSPS) is 27.4. The van der Waals surface area contributed by atoms with Gasteiger partial charge in [-0.15, -0.1) is 0 Å². The molecule has 2 rings (SSSR count). The zero-order valence-corrected chi connectivity index (χ0v) is 8.98. The molecule has 14 heavy (non-hydrogen) atoms. The Labute approximate surface area is 85.3 Å². The van der Waals surface area contributed by atoms with E-state index in [9.17, 15) is 0 Å². The van der Waals surface area contributed by atoms with Crippen LogP contribution in [0.1, 0.15) is 50.6 Å². The monoisotopic (exact) mass is 193 g/mol. The molecular weight excluding hydrogens is 174 g/mol. The summed E-state index contributed by atoms with van der Waals surface area (Å²) in [7, 11) is 0. The predicted molar refractivity (Wildman–Crippen MR) is 57.2 cm³/mol. The molecule has 78 valence electrons. The second-order valence-corrected chi connectivity index (χ2v) is 4.64. The van der Waals surface area contributed by atoms with E-state index in [1.807, 2.05) is 6.20 Å². The van der Waals surface area contributed by atoms with E-state index in [1.165, 1.54) is 12.0 Å². The molecule has 1 saturated carbocycles. The summed E-state index contributed by atoms with van der Waals surface area (Å²) in [5.41, 5.74) is 7.21. The number of aromatic nitrogens is 2. The zero-order valence-electron chi connectivity index (χ0n) is 8.98. The molecular formula is C11H19N3. The van der Waals surface area contributed by atoms with Crippen molar-refractivity contribution in [2.75, 3.05) is 0 Å². The Bertz CT molecular complexity index is 303. The summed E-state index contributed by atoms with van der Waals surface area (Å²) in [5, 5.41) is 4.42. The quantitative estimate of drug-likeness (QED) is 0.781. The van der Waals surface area contributed by atoms with Gasteiger partial charge in [0.05, 0.1) is 12.2 Å². The summed E-state index contributed by atoms with van der Waals surface area (Å²) in [4.78, 5) is 0. The zero-order chi connectivity index (χ0) is 10.1. The highest BCUT2D eigenvalue weighted by molar-refractivity contribution is 5.09. The van der Waals surface area contributed by atoms with Crippen LogP contribution in [0.2, 0.25) is 0 Å². The van der Waals surface area contributed by atoms with Gasteiger partial charge in [0.25, 0.3) is 0 Å². The van der Waals surface area contributed by atoms with Crippen molar-refractivity contribution in [2.45, 2.75) is 51.1 Å². The molecule has 0 aromatic carbocycles. The van der Waals surface area contributed by atoms with Crippen molar-refractivity contribution in [2.24, 2.45) is 5.73 Å². The SMILES string of the molecule is CC(C)c1cnn(C2CCC(N)C2)c1. The summed E-state index contributed by atoms with van der Waals surface area (Å²) in [6.45, 7) is 4.39. The highest BCUT2D eigenvalue weighted by Gasteiger charge is 2.23. The fourth-order valence-corrected chi connectivity index (χ4v) is 2.08. The molecule has 3 heteroatoms. The average molecular weight is 193 g/mol. The van der Waals surface area contributed by atoms with Crippen molar-refractivity contribution in [1.82, 2.24) is 9.78 Å². The Morgan fingerprint density at radius 3 is 2.79 bits per heavy atom. The smallest absolute Gasteiger partial charge is 0.0534 e. The Hall–Kier alpha value is -0.830. The van der Waals surface area contributed by atoms with Crippen LogP contribution in [-0.4, -0.2) is 15.8 Å². The molecule has 1 aliphatic rings. The first-order chi connectivity index (χ1) is 6.66. The molecule has 1 fully saturated rings. The predicted octanol–water partition coefficient (Wildman–Crippen LogP) is 2.06. The summed E-state index contributed by atoms with van der Waals surface area (Å²) in [5.74, 6) is 0.568. The molecule has 0 radical (unpaired) electrons. The van der Waals surface area contributed by atoms with Gasteiger partial charge in [-0.2, -0.15) is 5.10 Å². The molecule has 2 N–H and O–H groups in total. The van der Waals surface area contributed by atoms with E-state index in [0.29, 0.717) is 18.0 Å². The number of rotatable bonds is 2. The Morgan fingerprint density at radius 1 is 1.50 bits per heavy atom. The lowest BCUT2D eigenvalue weighted by Crippen LogP contribution is -2.16. The molecule has 0 spiro atoms. The number of hydrogen-bond donors (Lipinski definition) is 1. The third-order valence-electron chi connectivity index (χ3n) is 3.11. The molecule has 1 aromatic rings. The van der Waals surface area contributed by atoms with E-state index in [1.54, 1.807) is 0 Å². The van der Waals surface area contributed by atoms with E-state index in [4.69, 9.17) is 5.73 Å². The minimum Gasteiger partial charge on any atom is -0.328 e. The molecule has 1 heterocycles. The van der Waals surface area contributed by atoms with Crippen LogP contribution in [0, 0.1) is 0 Å². The van der Waals surface area contributed by atoms with Gasteiger partial charge in [-0.25, -0.2) is 0 Å². The molecule has 3 nitrogen and oxygen atoms in total. The van der Waals surface area contributed by atoms with Crippen LogP contribution in [0.4, 0.5) is 0 Å². The molecule has 2 atom stereocenters. The standard InChI is InChI=1S/C11H19N3/c1-8(2)9-6-13-14(7-9)11-4-3-10(12)5-11/h6-8,10-11H,3-5,12H2,1-2H3. The number of hydrogen-bond acceptors (Lipinski definition) is 2. The summed E-state index contributed by atoms with van der Waals surface area (Å²) in [6.07, 6.45) is 7.56. The summed E-state index contributed by atoms with van der Waals surface area (Å²) in [6, 6.07) is 0.921.